The zero-order valence-corrected chi connectivity index (χ0v) is 64.5. The van der Waals surface area contributed by atoms with E-state index in [1.807, 2.05) is 121 Å². The van der Waals surface area contributed by atoms with Crippen LogP contribution in [0.2, 0.25) is 0 Å². The number of fused-ring (bicyclic) bond motifs is 2. The zero-order chi connectivity index (χ0) is 78.8. The first kappa shape index (κ1) is 72.4. The van der Waals surface area contributed by atoms with Crippen LogP contribution in [0, 0.1) is 0 Å². The van der Waals surface area contributed by atoms with Gasteiger partial charge in [0.15, 0.2) is 34.9 Å². The lowest BCUT2D eigenvalue weighted by molar-refractivity contribution is 1.07. The first-order chi connectivity index (χ1) is 58.5. The first-order valence-electron chi connectivity index (χ1n) is 39.7. The molecule has 0 bridgehead atoms. The largest absolute Gasteiger partial charge is 0.310 e. The summed E-state index contributed by atoms with van der Waals surface area (Å²) < 4.78 is 0. The Balaban J connectivity index is 0.000000157. The molecule has 118 heavy (non-hydrogen) atoms. The van der Waals surface area contributed by atoms with E-state index in [0.29, 0.717) is 34.9 Å². The maximum absolute atomic E-state index is 4.98. The third kappa shape index (κ3) is 15.6. The Kier molecular flexibility index (Phi) is 20.5. The fourth-order valence-electron chi connectivity index (χ4n) is 15.5. The SMILES string of the molecule is c1ccc(-c2nc(-c3ccccc3)nc(-c3cccc(-c4ccc(N(c5ccc(-c6ccc7ccccc7c6)cc5)c5ccccc5-c5ccccc5)cc4)c3)n2)cc1.c1ccc(-c2nc(-c3ccccc3)nc(-c3cccc(-c4ccc(N(c5ccc(-c6cccc7ccccc67)cc5)c5ccccc5-c5ccccc5)cc4)c3)n2)cc1. The number of benzene rings is 18. The molecule has 20 aromatic rings. The molecule has 0 unspecified atom stereocenters. The number of aromatic nitrogens is 6. The molecule has 556 valence electrons. The van der Waals surface area contributed by atoms with Gasteiger partial charge < -0.3 is 9.80 Å². The van der Waals surface area contributed by atoms with E-state index >= 15 is 0 Å². The number of nitrogens with zero attached hydrogens (tertiary/aromatic N) is 8. The van der Waals surface area contributed by atoms with Gasteiger partial charge in [0.1, 0.15) is 0 Å². The van der Waals surface area contributed by atoms with Crippen LogP contribution in [0.25, 0.3) is 157 Å². The van der Waals surface area contributed by atoms with Gasteiger partial charge >= 0.3 is 0 Å². The quantitative estimate of drug-likeness (QED) is 0.0840. The normalized spacial score (nSPS) is 11.1. The molecule has 2 aromatic heterocycles. The van der Waals surface area contributed by atoms with Crippen LogP contribution in [0.3, 0.4) is 0 Å². The summed E-state index contributed by atoms with van der Waals surface area (Å²) in [6, 6.07) is 162. The van der Waals surface area contributed by atoms with Gasteiger partial charge in [-0.3, -0.25) is 0 Å². The van der Waals surface area contributed by atoms with Crippen LogP contribution in [0.1, 0.15) is 0 Å². The molecule has 2 heterocycles. The maximum Gasteiger partial charge on any atom is 0.164 e. The topological polar surface area (TPSA) is 83.8 Å². The van der Waals surface area contributed by atoms with E-state index in [2.05, 4.69) is 350 Å². The third-order valence-corrected chi connectivity index (χ3v) is 21.5. The summed E-state index contributed by atoms with van der Waals surface area (Å²) >= 11 is 0. The van der Waals surface area contributed by atoms with E-state index in [1.165, 1.54) is 49.4 Å². The van der Waals surface area contributed by atoms with Crippen LogP contribution in [-0.2, 0) is 0 Å². The minimum Gasteiger partial charge on any atom is -0.310 e. The molecule has 0 saturated heterocycles. The predicted octanol–water partition coefficient (Wildman–Crippen LogP) is 29.0. The highest BCUT2D eigenvalue weighted by molar-refractivity contribution is 5.98. The van der Waals surface area contributed by atoms with E-state index in [-0.39, 0.29) is 0 Å². The average Bonchev–Trinajstić information content (AvgIpc) is 0.789. The number of rotatable bonds is 18. The molecule has 0 N–H and O–H groups in total. The lowest BCUT2D eigenvalue weighted by Crippen LogP contribution is -2.11. The zero-order valence-electron chi connectivity index (χ0n) is 64.5. The Morgan fingerprint density at radius 3 is 0.771 bits per heavy atom. The second-order valence-corrected chi connectivity index (χ2v) is 29.0. The second kappa shape index (κ2) is 33.4. The minimum atomic E-state index is 0.631. The van der Waals surface area contributed by atoms with Gasteiger partial charge in [0.25, 0.3) is 0 Å². The van der Waals surface area contributed by atoms with E-state index < -0.39 is 0 Å². The molecule has 0 fully saturated rings. The lowest BCUT2D eigenvalue weighted by Gasteiger charge is -2.28. The average molecular weight is 1510 g/mol. The Morgan fingerprint density at radius 2 is 0.381 bits per heavy atom. The van der Waals surface area contributed by atoms with Gasteiger partial charge in [-0.05, 0) is 156 Å². The second-order valence-electron chi connectivity index (χ2n) is 29.0. The molecule has 20 rings (SSSR count). The Morgan fingerprint density at radius 1 is 0.136 bits per heavy atom. The highest BCUT2D eigenvalue weighted by Gasteiger charge is 2.22. The van der Waals surface area contributed by atoms with Crippen LogP contribution in [0.5, 0.6) is 0 Å². The number of para-hydroxylation sites is 2. The van der Waals surface area contributed by atoms with Crippen molar-refractivity contribution in [1.82, 2.24) is 29.9 Å². The fraction of sp³-hybridized carbons (Fsp3) is 0. The lowest BCUT2D eigenvalue weighted by atomic mass is 9.97. The standard InChI is InChI=1S/2C55H38N4/c1-4-16-41(17-5-1)51-27-12-13-29-52(51)59(48-36-32-42(33-37-48)50-28-15-23-40-18-10-11-26-49(40)50)47-34-30-39(31-35-47)45-24-14-25-46(38-45)55-57-53(43-19-6-2-7-20-43)56-54(58-55)44-21-8-3-9-22-44;1-4-16-42(17-5-1)51-25-12-13-26-52(51)59(50-35-31-41(32-36-50)47-28-27-39-15-10-11-22-45(39)37-47)49-33-29-40(30-34-49)46-23-14-24-48(38-46)55-57-53(43-18-6-2-7-19-43)56-54(58-55)44-20-8-3-9-21-44/h2*1-38H. The molecule has 0 radical (unpaired) electrons. The summed E-state index contributed by atoms with van der Waals surface area (Å²) in [6.45, 7) is 0. The fourth-order valence-corrected chi connectivity index (χ4v) is 15.5. The monoisotopic (exact) mass is 1510 g/mol. The van der Waals surface area contributed by atoms with Gasteiger partial charge in [-0.1, -0.05) is 382 Å². The Hall–Kier alpha value is -15.9. The van der Waals surface area contributed by atoms with Crippen molar-refractivity contribution in [1.29, 1.82) is 0 Å². The molecule has 0 atom stereocenters. The molecule has 0 aliphatic carbocycles. The molecule has 0 aliphatic heterocycles. The molecular formula is C110H76N8. The molecule has 18 aromatic carbocycles. The molecule has 0 amide bonds. The predicted molar refractivity (Wildman–Crippen MR) is 489 cm³/mol. The van der Waals surface area contributed by atoms with Gasteiger partial charge in [-0.15, -0.1) is 0 Å². The van der Waals surface area contributed by atoms with Crippen molar-refractivity contribution in [3.05, 3.63) is 461 Å². The first-order valence-corrected chi connectivity index (χ1v) is 39.7. The third-order valence-electron chi connectivity index (χ3n) is 21.5. The van der Waals surface area contributed by atoms with Gasteiger partial charge in [-0.2, -0.15) is 0 Å². The summed E-state index contributed by atoms with van der Waals surface area (Å²) in [6.07, 6.45) is 0. The van der Waals surface area contributed by atoms with E-state index in [4.69, 9.17) is 29.9 Å². The van der Waals surface area contributed by atoms with E-state index in [9.17, 15) is 0 Å². The Labute approximate surface area is 687 Å². The maximum atomic E-state index is 4.98. The van der Waals surface area contributed by atoms with Crippen LogP contribution in [0.15, 0.2) is 461 Å². The summed E-state index contributed by atoms with van der Waals surface area (Å²) in [5, 5.41) is 4.96. The van der Waals surface area contributed by atoms with Gasteiger partial charge in [-0.25, -0.2) is 29.9 Å². The van der Waals surface area contributed by atoms with E-state index in [0.717, 1.165) is 106 Å². The van der Waals surface area contributed by atoms with Crippen LogP contribution >= 0.6 is 0 Å². The van der Waals surface area contributed by atoms with Gasteiger partial charge in [0.05, 0.1) is 11.4 Å². The van der Waals surface area contributed by atoms with Gasteiger partial charge in [0.2, 0.25) is 0 Å². The molecule has 8 nitrogen and oxygen atoms in total. The van der Waals surface area contributed by atoms with Crippen LogP contribution in [0.4, 0.5) is 34.1 Å². The highest BCUT2D eigenvalue weighted by atomic mass is 15.2. The molecule has 8 heteroatoms. The van der Waals surface area contributed by atoms with Crippen molar-refractivity contribution < 1.29 is 0 Å². The summed E-state index contributed by atoms with van der Waals surface area (Å²) in [5.41, 5.74) is 25.9. The van der Waals surface area contributed by atoms with Crippen molar-refractivity contribution in [3.63, 3.8) is 0 Å². The number of anilines is 6. The van der Waals surface area contributed by atoms with Crippen molar-refractivity contribution >= 4 is 55.7 Å². The smallest absolute Gasteiger partial charge is 0.164 e. The van der Waals surface area contributed by atoms with Crippen molar-refractivity contribution in [2.45, 2.75) is 0 Å². The van der Waals surface area contributed by atoms with Crippen LogP contribution in [-0.4, -0.2) is 29.9 Å². The number of hydrogen-bond acceptors (Lipinski definition) is 8. The van der Waals surface area contributed by atoms with Crippen molar-refractivity contribution in [3.8, 4) is 135 Å². The Bertz CT molecular complexity index is 6750. The molecule has 0 aliphatic rings. The molecular weight excluding hydrogens is 1430 g/mol. The molecule has 0 spiro atoms. The number of hydrogen-bond donors (Lipinski definition) is 0. The minimum absolute atomic E-state index is 0.631. The van der Waals surface area contributed by atoms with Gasteiger partial charge in [0, 0.05) is 67.3 Å². The molecule has 0 saturated carbocycles. The van der Waals surface area contributed by atoms with Crippen LogP contribution < -0.4 is 9.80 Å². The van der Waals surface area contributed by atoms with Crippen molar-refractivity contribution in [2.24, 2.45) is 0 Å². The van der Waals surface area contributed by atoms with Crippen molar-refractivity contribution in [2.75, 3.05) is 9.80 Å². The summed E-state index contributed by atoms with van der Waals surface area (Å²) in [5.74, 6) is 3.84. The van der Waals surface area contributed by atoms with E-state index in [1.54, 1.807) is 0 Å². The highest BCUT2D eigenvalue weighted by Crippen LogP contribution is 2.45. The summed E-state index contributed by atoms with van der Waals surface area (Å²) in [4.78, 5) is 34.4. The summed E-state index contributed by atoms with van der Waals surface area (Å²) in [7, 11) is 0.